The van der Waals surface area contributed by atoms with Gasteiger partial charge in [-0.1, -0.05) is 18.2 Å². The molecule has 5 heteroatoms. The fourth-order valence-electron chi connectivity index (χ4n) is 1.99. The highest BCUT2D eigenvalue weighted by atomic mass is 79.9. The molecule has 0 aliphatic carbocycles. The second-order valence-electron chi connectivity index (χ2n) is 4.19. The number of para-hydroxylation sites is 1. The molecule has 0 N–H and O–H groups in total. The van der Waals surface area contributed by atoms with E-state index in [9.17, 15) is 0 Å². The molecule has 3 rings (SSSR count). The van der Waals surface area contributed by atoms with Crippen LogP contribution in [-0.4, -0.2) is 14.8 Å². The number of aromatic nitrogens is 3. The molecule has 96 valence electrons. The van der Waals surface area contributed by atoms with Crippen LogP contribution in [0.15, 0.2) is 47.2 Å². The Hall–Kier alpha value is -1.88. The Morgan fingerprint density at radius 3 is 2.84 bits per heavy atom. The third-order valence-electron chi connectivity index (χ3n) is 2.91. The van der Waals surface area contributed by atoms with Crippen LogP contribution >= 0.6 is 15.9 Å². The highest BCUT2D eigenvalue weighted by Gasteiger charge is 2.08. The Balaban J connectivity index is 1.84. The maximum absolute atomic E-state index is 5.71. The fraction of sp³-hybridized carbons (Fsp3) is 0.143. The van der Waals surface area contributed by atoms with Crippen LogP contribution < -0.4 is 4.74 Å². The first kappa shape index (κ1) is 12.2. The Morgan fingerprint density at radius 1 is 1.21 bits per heavy atom. The van der Waals surface area contributed by atoms with Gasteiger partial charge in [-0.05, 0) is 34.1 Å². The van der Waals surface area contributed by atoms with Crippen LogP contribution in [0.5, 0.6) is 5.75 Å². The van der Waals surface area contributed by atoms with Crippen molar-refractivity contribution in [3.05, 3.63) is 52.9 Å². The van der Waals surface area contributed by atoms with E-state index in [4.69, 9.17) is 4.74 Å². The molecule has 0 unspecified atom stereocenters. The van der Waals surface area contributed by atoms with E-state index in [0.29, 0.717) is 6.61 Å². The van der Waals surface area contributed by atoms with E-state index in [0.717, 1.165) is 26.9 Å². The Bertz CT molecular complexity index is 706. The second-order valence-corrected chi connectivity index (χ2v) is 5.01. The van der Waals surface area contributed by atoms with Crippen molar-refractivity contribution in [3.8, 4) is 5.75 Å². The van der Waals surface area contributed by atoms with Crippen LogP contribution in [0.25, 0.3) is 10.9 Å². The van der Waals surface area contributed by atoms with Crippen LogP contribution in [0, 0.1) is 0 Å². The predicted molar refractivity (Wildman–Crippen MR) is 77.0 cm³/mol. The molecule has 0 amide bonds. The lowest BCUT2D eigenvalue weighted by Crippen LogP contribution is -1.98. The molecule has 0 fully saturated rings. The molecule has 3 aromatic rings. The fourth-order valence-corrected chi connectivity index (χ4v) is 2.23. The third kappa shape index (κ3) is 2.46. The molecular weight excluding hydrogens is 306 g/mol. The lowest BCUT2D eigenvalue weighted by molar-refractivity contribution is 0.300. The summed E-state index contributed by atoms with van der Waals surface area (Å²) in [7, 11) is 1.94. The summed E-state index contributed by atoms with van der Waals surface area (Å²) >= 11 is 3.30. The monoisotopic (exact) mass is 317 g/mol. The summed E-state index contributed by atoms with van der Waals surface area (Å²) in [5.74, 6) is 0.734. The van der Waals surface area contributed by atoms with E-state index >= 15 is 0 Å². The van der Waals surface area contributed by atoms with Crippen molar-refractivity contribution >= 4 is 26.8 Å². The summed E-state index contributed by atoms with van der Waals surface area (Å²) in [6.07, 6.45) is 1.69. The number of aryl methyl sites for hydroxylation is 1. The quantitative estimate of drug-likeness (QED) is 0.696. The number of nitrogens with zero attached hydrogens (tertiary/aromatic N) is 3. The zero-order valence-electron chi connectivity index (χ0n) is 10.4. The number of hydrogen-bond acceptors (Lipinski definition) is 3. The number of rotatable bonds is 3. The highest BCUT2D eigenvalue weighted by Crippen LogP contribution is 2.20. The van der Waals surface area contributed by atoms with Gasteiger partial charge >= 0.3 is 0 Å². The average molecular weight is 318 g/mol. The first-order valence-electron chi connectivity index (χ1n) is 5.89. The van der Waals surface area contributed by atoms with Gasteiger partial charge in [-0.15, -0.1) is 0 Å². The Labute approximate surface area is 119 Å². The van der Waals surface area contributed by atoms with Gasteiger partial charge in [0.25, 0.3) is 0 Å². The maximum Gasteiger partial charge on any atom is 0.138 e. The van der Waals surface area contributed by atoms with Gasteiger partial charge < -0.3 is 4.74 Å². The lowest BCUT2D eigenvalue weighted by Gasteiger charge is -2.03. The topological polar surface area (TPSA) is 39.9 Å². The molecule has 2 aromatic heterocycles. The first-order valence-corrected chi connectivity index (χ1v) is 6.68. The normalized spacial score (nSPS) is 10.8. The molecule has 0 saturated heterocycles. The molecule has 0 saturated carbocycles. The molecular formula is C14H12BrN3O. The van der Waals surface area contributed by atoms with Crippen molar-refractivity contribution in [2.45, 2.75) is 6.61 Å². The van der Waals surface area contributed by atoms with Crippen LogP contribution in [0.1, 0.15) is 5.69 Å². The minimum absolute atomic E-state index is 0.435. The smallest absolute Gasteiger partial charge is 0.138 e. The predicted octanol–water partition coefficient (Wildman–Crippen LogP) is 3.31. The van der Waals surface area contributed by atoms with Gasteiger partial charge in [-0.2, -0.15) is 5.10 Å². The van der Waals surface area contributed by atoms with Gasteiger partial charge in [0.05, 0.1) is 11.7 Å². The van der Waals surface area contributed by atoms with Crippen molar-refractivity contribution in [1.82, 2.24) is 14.8 Å². The van der Waals surface area contributed by atoms with Gasteiger partial charge in [-0.25, -0.2) is 4.98 Å². The van der Waals surface area contributed by atoms with Gasteiger partial charge in [0, 0.05) is 12.4 Å². The standard InChI is InChI=1S/C14H12BrN3O/c1-18-13-5-3-2-4-11(13)12(17-18)9-19-10-6-7-14(15)16-8-10/h2-8H,9H2,1H3. The summed E-state index contributed by atoms with van der Waals surface area (Å²) < 4.78 is 8.37. The molecule has 2 heterocycles. The molecule has 0 bridgehead atoms. The largest absolute Gasteiger partial charge is 0.486 e. The van der Waals surface area contributed by atoms with Crippen LogP contribution in [-0.2, 0) is 13.7 Å². The van der Waals surface area contributed by atoms with Crippen molar-refractivity contribution in [1.29, 1.82) is 0 Å². The van der Waals surface area contributed by atoms with Gasteiger partial charge in [0.15, 0.2) is 0 Å². The minimum atomic E-state index is 0.435. The summed E-state index contributed by atoms with van der Waals surface area (Å²) in [6, 6.07) is 11.9. The van der Waals surface area contributed by atoms with E-state index in [1.54, 1.807) is 6.20 Å². The summed E-state index contributed by atoms with van der Waals surface area (Å²) in [5, 5.41) is 5.60. The minimum Gasteiger partial charge on any atom is -0.486 e. The summed E-state index contributed by atoms with van der Waals surface area (Å²) in [6.45, 7) is 0.435. The summed E-state index contributed by atoms with van der Waals surface area (Å²) in [4.78, 5) is 4.12. The van der Waals surface area contributed by atoms with Crippen LogP contribution in [0.4, 0.5) is 0 Å². The lowest BCUT2D eigenvalue weighted by atomic mass is 10.2. The van der Waals surface area contributed by atoms with Gasteiger partial charge in [-0.3, -0.25) is 4.68 Å². The molecule has 0 aliphatic rings. The molecule has 0 radical (unpaired) electrons. The number of ether oxygens (including phenoxy) is 1. The molecule has 4 nitrogen and oxygen atoms in total. The molecule has 19 heavy (non-hydrogen) atoms. The number of hydrogen-bond donors (Lipinski definition) is 0. The SMILES string of the molecule is Cn1nc(COc2ccc(Br)nc2)c2ccccc21. The first-order chi connectivity index (χ1) is 9.24. The van der Waals surface area contributed by atoms with Gasteiger partial charge in [0.1, 0.15) is 22.7 Å². The van der Waals surface area contributed by atoms with Crippen LogP contribution in [0.3, 0.4) is 0 Å². The van der Waals surface area contributed by atoms with E-state index in [1.807, 2.05) is 42.1 Å². The number of halogens is 1. The van der Waals surface area contributed by atoms with Crippen molar-refractivity contribution in [2.24, 2.45) is 7.05 Å². The zero-order chi connectivity index (χ0) is 13.2. The van der Waals surface area contributed by atoms with Crippen molar-refractivity contribution < 1.29 is 4.74 Å². The van der Waals surface area contributed by atoms with Crippen LogP contribution in [0.2, 0.25) is 0 Å². The maximum atomic E-state index is 5.71. The third-order valence-corrected chi connectivity index (χ3v) is 3.38. The van der Waals surface area contributed by atoms with E-state index in [1.165, 1.54) is 0 Å². The van der Waals surface area contributed by atoms with Crippen molar-refractivity contribution in [3.63, 3.8) is 0 Å². The van der Waals surface area contributed by atoms with E-state index in [2.05, 4.69) is 32.1 Å². The molecule has 0 aliphatic heterocycles. The Kier molecular flexibility index (Phi) is 3.21. The molecule has 0 atom stereocenters. The number of pyridine rings is 1. The van der Waals surface area contributed by atoms with E-state index < -0.39 is 0 Å². The molecule has 1 aromatic carbocycles. The summed E-state index contributed by atoms with van der Waals surface area (Å²) in [5.41, 5.74) is 2.04. The zero-order valence-corrected chi connectivity index (χ0v) is 12.0. The van der Waals surface area contributed by atoms with Gasteiger partial charge in [0.2, 0.25) is 0 Å². The second kappa shape index (κ2) is 5.01. The average Bonchev–Trinajstić information content (AvgIpc) is 2.76. The number of fused-ring (bicyclic) bond motifs is 1. The van der Waals surface area contributed by atoms with Crippen molar-refractivity contribution in [2.75, 3.05) is 0 Å². The highest BCUT2D eigenvalue weighted by molar-refractivity contribution is 9.10. The molecule has 0 spiro atoms. The Morgan fingerprint density at radius 2 is 2.05 bits per heavy atom. The number of benzene rings is 1. The van der Waals surface area contributed by atoms with E-state index in [-0.39, 0.29) is 0 Å².